The predicted octanol–water partition coefficient (Wildman–Crippen LogP) is 2.98. The van der Waals surface area contributed by atoms with Crippen molar-refractivity contribution >= 4 is 12.0 Å². The molecule has 0 aliphatic heterocycles. The summed E-state index contributed by atoms with van der Waals surface area (Å²) in [5.41, 5.74) is 2.40. The minimum Gasteiger partial charge on any atom is -0.493 e. The highest BCUT2D eigenvalue weighted by atomic mass is 16.5. The molecule has 0 unspecified atom stereocenters. The topological polar surface area (TPSA) is 81.8 Å². The summed E-state index contributed by atoms with van der Waals surface area (Å²) < 4.78 is 16.1. The summed E-state index contributed by atoms with van der Waals surface area (Å²) in [6.07, 6.45) is 2.56. The number of hydrogen-bond acceptors (Lipinski definition) is 5. The Morgan fingerprint density at radius 1 is 1.36 bits per heavy atom. The molecule has 0 atom stereocenters. The molecule has 6 heteroatoms. The van der Waals surface area contributed by atoms with Crippen LogP contribution in [0.15, 0.2) is 28.8 Å². The molecule has 0 aliphatic rings. The Balaban J connectivity index is 2.16. The van der Waals surface area contributed by atoms with E-state index in [1.54, 1.807) is 18.2 Å². The number of aryl methyl sites for hydroxylation is 2. The smallest absolute Gasteiger partial charge is 0.328 e. The molecular weight excluding hydrogens is 286 g/mol. The van der Waals surface area contributed by atoms with E-state index in [2.05, 4.69) is 5.16 Å². The lowest BCUT2D eigenvalue weighted by Gasteiger charge is -2.11. The van der Waals surface area contributed by atoms with E-state index in [9.17, 15) is 4.79 Å². The molecule has 116 valence electrons. The van der Waals surface area contributed by atoms with E-state index in [-0.39, 0.29) is 0 Å². The molecule has 1 aromatic heterocycles. The van der Waals surface area contributed by atoms with Crippen LogP contribution in [-0.2, 0) is 11.4 Å². The summed E-state index contributed by atoms with van der Waals surface area (Å²) in [6.45, 7) is 4.00. The maximum atomic E-state index is 10.5. The maximum absolute atomic E-state index is 10.5. The molecule has 0 spiro atoms. The van der Waals surface area contributed by atoms with Crippen molar-refractivity contribution in [2.75, 3.05) is 7.11 Å². The maximum Gasteiger partial charge on any atom is 0.328 e. The lowest BCUT2D eigenvalue weighted by atomic mass is 10.2. The van der Waals surface area contributed by atoms with E-state index in [1.165, 1.54) is 13.2 Å². The lowest BCUT2D eigenvalue weighted by molar-refractivity contribution is -0.131. The number of methoxy groups -OCH3 is 1. The van der Waals surface area contributed by atoms with Crippen LogP contribution in [0, 0.1) is 13.8 Å². The van der Waals surface area contributed by atoms with E-state index < -0.39 is 5.97 Å². The second kappa shape index (κ2) is 6.80. The van der Waals surface area contributed by atoms with E-state index >= 15 is 0 Å². The number of benzene rings is 1. The Hall–Kier alpha value is -2.76. The van der Waals surface area contributed by atoms with Gasteiger partial charge in [0.05, 0.1) is 18.4 Å². The summed E-state index contributed by atoms with van der Waals surface area (Å²) in [4.78, 5) is 10.5. The van der Waals surface area contributed by atoms with Gasteiger partial charge in [0, 0.05) is 6.08 Å². The molecule has 1 heterocycles. The van der Waals surface area contributed by atoms with Gasteiger partial charge >= 0.3 is 5.97 Å². The van der Waals surface area contributed by atoms with Crippen molar-refractivity contribution in [3.63, 3.8) is 0 Å². The van der Waals surface area contributed by atoms with Crippen molar-refractivity contribution in [3.8, 4) is 11.5 Å². The van der Waals surface area contributed by atoms with E-state index in [0.29, 0.717) is 23.7 Å². The van der Waals surface area contributed by atoms with Gasteiger partial charge < -0.3 is 19.1 Å². The second-order valence-corrected chi connectivity index (χ2v) is 4.67. The number of carboxylic acid groups (broad SMARTS) is 1. The molecule has 2 aromatic rings. The Morgan fingerprint density at radius 3 is 2.73 bits per heavy atom. The SMILES string of the molecule is COc1cc(C=CC(=O)O)ccc1OCc1c(C)noc1C. The van der Waals surface area contributed by atoms with Gasteiger partial charge in [-0.2, -0.15) is 0 Å². The molecular formula is C16H17NO5. The highest BCUT2D eigenvalue weighted by Crippen LogP contribution is 2.29. The average molecular weight is 303 g/mol. The molecule has 0 saturated carbocycles. The van der Waals surface area contributed by atoms with Crippen molar-refractivity contribution < 1.29 is 23.9 Å². The highest BCUT2D eigenvalue weighted by Gasteiger charge is 2.11. The summed E-state index contributed by atoms with van der Waals surface area (Å²) in [5, 5.41) is 12.5. The lowest BCUT2D eigenvalue weighted by Crippen LogP contribution is -2.00. The second-order valence-electron chi connectivity index (χ2n) is 4.67. The molecule has 0 saturated heterocycles. The number of carboxylic acids is 1. The van der Waals surface area contributed by atoms with Crippen molar-refractivity contribution in [1.82, 2.24) is 5.16 Å². The van der Waals surface area contributed by atoms with Gasteiger partial charge in [-0.15, -0.1) is 0 Å². The first-order valence-electron chi connectivity index (χ1n) is 6.65. The van der Waals surface area contributed by atoms with Gasteiger partial charge in [-0.05, 0) is 37.6 Å². The largest absolute Gasteiger partial charge is 0.493 e. The van der Waals surface area contributed by atoms with Crippen molar-refractivity contribution in [1.29, 1.82) is 0 Å². The van der Waals surface area contributed by atoms with Crippen LogP contribution >= 0.6 is 0 Å². The molecule has 2 rings (SSSR count). The summed E-state index contributed by atoms with van der Waals surface area (Å²) in [7, 11) is 1.53. The van der Waals surface area contributed by atoms with Gasteiger partial charge in [0.1, 0.15) is 12.4 Å². The van der Waals surface area contributed by atoms with Gasteiger partial charge in [-0.1, -0.05) is 11.2 Å². The quantitative estimate of drug-likeness (QED) is 0.826. The first-order chi connectivity index (χ1) is 10.5. The number of ether oxygens (including phenoxy) is 2. The third-order valence-electron chi connectivity index (χ3n) is 3.16. The van der Waals surface area contributed by atoms with Crippen LogP contribution in [0.2, 0.25) is 0 Å². The zero-order valence-corrected chi connectivity index (χ0v) is 12.6. The van der Waals surface area contributed by atoms with Crippen LogP contribution in [0.5, 0.6) is 11.5 Å². The molecule has 0 radical (unpaired) electrons. The molecule has 0 amide bonds. The molecule has 0 aliphatic carbocycles. The Bertz CT molecular complexity index is 683. The number of rotatable bonds is 6. The van der Waals surface area contributed by atoms with Gasteiger partial charge in [-0.3, -0.25) is 0 Å². The fourth-order valence-electron chi connectivity index (χ4n) is 1.93. The Labute approximate surface area is 128 Å². The Morgan fingerprint density at radius 2 is 2.14 bits per heavy atom. The predicted molar refractivity (Wildman–Crippen MR) is 80.0 cm³/mol. The molecule has 0 bridgehead atoms. The summed E-state index contributed by atoms with van der Waals surface area (Å²) in [6, 6.07) is 5.20. The zero-order chi connectivity index (χ0) is 16.1. The average Bonchev–Trinajstić information content (AvgIpc) is 2.82. The van der Waals surface area contributed by atoms with Crippen LogP contribution in [0.4, 0.5) is 0 Å². The first-order valence-corrected chi connectivity index (χ1v) is 6.65. The van der Waals surface area contributed by atoms with Gasteiger partial charge in [-0.25, -0.2) is 4.79 Å². The summed E-state index contributed by atoms with van der Waals surface area (Å²) >= 11 is 0. The molecule has 1 N–H and O–H groups in total. The fourth-order valence-corrected chi connectivity index (χ4v) is 1.93. The number of nitrogens with zero attached hydrogens (tertiary/aromatic N) is 1. The van der Waals surface area contributed by atoms with Gasteiger partial charge in [0.2, 0.25) is 0 Å². The number of hydrogen-bond donors (Lipinski definition) is 1. The standard InChI is InChI=1S/C16H17NO5/c1-10-13(11(2)22-17-10)9-21-14-6-4-12(5-7-16(18)19)8-15(14)20-3/h4-8H,9H2,1-3H3,(H,18,19). The van der Waals surface area contributed by atoms with E-state index in [0.717, 1.165) is 23.1 Å². The molecule has 1 aromatic carbocycles. The highest BCUT2D eigenvalue weighted by molar-refractivity contribution is 5.85. The Kier molecular flexibility index (Phi) is 4.83. The van der Waals surface area contributed by atoms with E-state index in [1.807, 2.05) is 13.8 Å². The van der Waals surface area contributed by atoms with Gasteiger partial charge in [0.25, 0.3) is 0 Å². The molecule has 0 fully saturated rings. The van der Waals surface area contributed by atoms with Crippen molar-refractivity contribution in [2.24, 2.45) is 0 Å². The van der Waals surface area contributed by atoms with Crippen LogP contribution in [0.3, 0.4) is 0 Å². The monoisotopic (exact) mass is 303 g/mol. The third-order valence-corrected chi connectivity index (χ3v) is 3.16. The van der Waals surface area contributed by atoms with E-state index in [4.69, 9.17) is 19.1 Å². The first kappa shape index (κ1) is 15.6. The zero-order valence-electron chi connectivity index (χ0n) is 12.6. The summed E-state index contributed by atoms with van der Waals surface area (Å²) in [5.74, 6) is 0.810. The molecule has 6 nitrogen and oxygen atoms in total. The fraction of sp³-hybridized carbons (Fsp3) is 0.250. The minimum absolute atomic E-state index is 0.321. The molecule has 22 heavy (non-hydrogen) atoms. The van der Waals surface area contributed by atoms with Gasteiger partial charge in [0.15, 0.2) is 11.5 Å². The number of aliphatic carboxylic acids is 1. The number of aromatic nitrogens is 1. The minimum atomic E-state index is -1.00. The van der Waals surface area contributed by atoms with Crippen molar-refractivity contribution in [3.05, 3.63) is 46.9 Å². The van der Waals surface area contributed by atoms with Crippen molar-refractivity contribution in [2.45, 2.75) is 20.5 Å². The van der Waals surface area contributed by atoms with Crippen LogP contribution < -0.4 is 9.47 Å². The van der Waals surface area contributed by atoms with Crippen LogP contribution in [0.25, 0.3) is 6.08 Å². The third kappa shape index (κ3) is 3.66. The van der Waals surface area contributed by atoms with Crippen LogP contribution in [-0.4, -0.2) is 23.3 Å². The normalized spacial score (nSPS) is 10.9. The number of carbonyl (C=O) groups is 1. The van der Waals surface area contributed by atoms with Crippen LogP contribution in [0.1, 0.15) is 22.6 Å².